The SMILES string of the molecule is CN(CC(=O)Nc1ccc(S(=O)(=O)N2CCOCC2)cc1)c1ccccc1Oc1ccccc1. The van der Waals surface area contributed by atoms with E-state index in [1.54, 1.807) is 17.0 Å². The monoisotopic (exact) mass is 481 g/mol. The van der Waals surface area contributed by atoms with E-state index in [9.17, 15) is 13.2 Å². The summed E-state index contributed by atoms with van der Waals surface area (Å²) in [5.41, 5.74) is 1.29. The second-order valence-electron chi connectivity index (χ2n) is 7.83. The maximum absolute atomic E-state index is 12.8. The zero-order valence-electron chi connectivity index (χ0n) is 18.9. The van der Waals surface area contributed by atoms with Crippen LogP contribution in [0.3, 0.4) is 0 Å². The Morgan fingerprint density at radius 2 is 1.62 bits per heavy atom. The number of ether oxygens (including phenoxy) is 2. The van der Waals surface area contributed by atoms with Crippen LogP contribution in [0.15, 0.2) is 83.8 Å². The van der Waals surface area contributed by atoms with Crippen molar-refractivity contribution in [2.24, 2.45) is 0 Å². The molecule has 0 spiro atoms. The lowest BCUT2D eigenvalue weighted by molar-refractivity contribution is -0.114. The lowest BCUT2D eigenvalue weighted by Gasteiger charge is -2.26. The van der Waals surface area contributed by atoms with E-state index in [0.29, 0.717) is 43.5 Å². The van der Waals surface area contributed by atoms with Crippen molar-refractivity contribution in [3.8, 4) is 11.5 Å². The fourth-order valence-electron chi connectivity index (χ4n) is 3.62. The van der Waals surface area contributed by atoms with Gasteiger partial charge in [-0.1, -0.05) is 30.3 Å². The first-order chi connectivity index (χ1) is 16.4. The lowest BCUT2D eigenvalue weighted by atomic mass is 10.2. The normalized spacial score (nSPS) is 14.4. The highest BCUT2D eigenvalue weighted by molar-refractivity contribution is 7.89. The lowest BCUT2D eigenvalue weighted by Crippen LogP contribution is -2.40. The van der Waals surface area contributed by atoms with Crippen LogP contribution in [0.5, 0.6) is 11.5 Å². The molecule has 1 aliphatic rings. The van der Waals surface area contributed by atoms with E-state index >= 15 is 0 Å². The summed E-state index contributed by atoms with van der Waals surface area (Å²) in [6.07, 6.45) is 0. The number of nitrogens with one attached hydrogen (secondary N) is 1. The van der Waals surface area contributed by atoms with Gasteiger partial charge in [0.25, 0.3) is 0 Å². The molecule has 34 heavy (non-hydrogen) atoms. The first-order valence-electron chi connectivity index (χ1n) is 10.9. The van der Waals surface area contributed by atoms with Crippen molar-refractivity contribution >= 4 is 27.3 Å². The van der Waals surface area contributed by atoms with Gasteiger partial charge in [-0.25, -0.2) is 8.42 Å². The number of benzene rings is 3. The Labute approximate surface area is 199 Å². The van der Waals surface area contributed by atoms with Gasteiger partial charge in [0, 0.05) is 25.8 Å². The molecule has 9 heteroatoms. The first kappa shape index (κ1) is 23.7. The molecule has 178 valence electrons. The summed E-state index contributed by atoms with van der Waals surface area (Å²) in [5, 5.41) is 2.82. The largest absolute Gasteiger partial charge is 0.455 e. The Morgan fingerprint density at radius 1 is 0.971 bits per heavy atom. The number of hydrogen-bond acceptors (Lipinski definition) is 6. The van der Waals surface area contributed by atoms with E-state index in [1.807, 2.05) is 61.6 Å². The Balaban J connectivity index is 1.38. The fourth-order valence-corrected chi connectivity index (χ4v) is 5.03. The third-order valence-electron chi connectivity index (χ3n) is 5.37. The Hall–Kier alpha value is -3.40. The Bertz CT molecular complexity index is 1210. The van der Waals surface area contributed by atoms with Crippen LogP contribution in [0.4, 0.5) is 11.4 Å². The number of carbonyl (C=O) groups excluding carboxylic acids is 1. The van der Waals surface area contributed by atoms with Gasteiger partial charge in [-0.2, -0.15) is 4.31 Å². The second-order valence-corrected chi connectivity index (χ2v) is 9.77. The minimum atomic E-state index is -3.57. The van der Waals surface area contributed by atoms with E-state index in [4.69, 9.17) is 9.47 Å². The molecular weight excluding hydrogens is 454 g/mol. The van der Waals surface area contributed by atoms with Crippen molar-refractivity contribution < 1.29 is 22.7 Å². The molecule has 8 nitrogen and oxygen atoms in total. The Kier molecular flexibility index (Phi) is 7.46. The highest BCUT2D eigenvalue weighted by Crippen LogP contribution is 2.31. The summed E-state index contributed by atoms with van der Waals surface area (Å²) < 4.78 is 38.1. The van der Waals surface area contributed by atoms with E-state index < -0.39 is 10.0 Å². The zero-order valence-corrected chi connectivity index (χ0v) is 19.7. The molecule has 0 bridgehead atoms. The van der Waals surface area contributed by atoms with Gasteiger partial charge in [0.1, 0.15) is 5.75 Å². The van der Waals surface area contributed by atoms with E-state index in [1.165, 1.54) is 16.4 Å². The molecule has 4 rings (SSSR count). The van der Waals surface area contributed by atoms with Crippen LogP contribution < -0.4 is 15.0 Å². The van der Waals surface area contributed by atoms with E-state index in [0.717, 1.165) is 5.69 Å². The maximum Gasteiger partial charge on any atom is 0.243 e. The van der Waals surface area contributed by atoms with Gasteiger partial charge in [0.05, 0.1) is 30.3 Å². The summed E-state index contributed by atoms with van der Waals surface area (Å²) in [7, 11) is -1.76. The molecule has 0 radical (unpaired) electrons. The van der Waals surface area contributed by atoms with Gasteiger partial charge in [0.15, 0.2) is 5.75 Å². The number of para-hydroxylation sites is 3. The quantitative estimate of drug-likeness (QED) is 0.529. The molecule has 1 fully saturated rings. The van der Waals surface area contributed by atoms with E-state index in [-0.39, 0.29) is 17.3 Å². The molecule has 1 saturated heterocycles. The number of amides is 1. The van der Waals surface area contributed by atoms with Gasteiger partial charge < -0.3 is 19.7 Å². The number of morpholine rings is 1. The van der Waals surface area contributed by atoms with Gasteiger partial charge in [-0.05, 0) is 48.5 Å². The number of sulfonamides is 1. The fraction of sp³-hybridized carbons (Fsp3) is 0.240. The molecule has 0 atom stereocenters. The topological polar surface area (TPSA) is 88.2 Å². The molecular formula is C25H27N3O5S. The van der Waals surface area contributed by atoms with Crippen LogP contribution in [0.25, 0.3) is 0 Å². The number of nitrogens with zero attached hydrogens (tertiary/aromatic N) is 2. The van der Waals surface area contributed by atoms with Crippen LogP contribution in [0.2, 0.25) is 0 Å². The van der Waals surface area contributed by atoms with Crippen molar-refractivity contribution in [1.82, 2.24) is 4.31 Å². The van der Waals surface area contributed by atoms with Crippen molar-refractivity contribution in [1.29, 1.82) is 0 Å². The highest BCUT2D eigenvalue weighted by Gasteiger charge is 2.26. The van der Waals surface area contributed by atoms with Gasteiger partial charge in [-0.3, -0.25) is 4.79 Å². The summed E-state index contributed by atoms with van der Waals surface area (Å²) in [4.78, 5) is 14.6. The maximum atomic E-state index is 12.8. The van der Waals surface area contributed by atoms with Crippen LogP contribution >= 0.6 is 0 Å². The predicted molar refractivity (Wildman–Crippen MR) is 131 cm³/mol. The summed E-state index contributed by atoms with van der Waals surface area (Å²) in [5.74, 6) is 1.11. The van der Waals surface area contributed by atoms with Crippen molar-refractivity contribution in [2.45, 2.75) is 4.90 Å². The number of likely N-dealkylation sites (N-methyl/N-ethyl adjacent to an activating group) is 1. The van der Waals surface area contributed by atoms with Crippen molar-refractivity contribution in [3.63, 3.8) is 0 Å². The number of carbonyl (C=O) groups is 1. The smallest absolute Gasteiger partial charge is 0.243 e. The summed E-state index contributed by atoms with van der Waals surface area (Å²) >= 11 is 0. The molecule has 1 amide bonds. The predicted octanol–water partition coefficient (Wildman–Crippen LogP) is 3.57. The van der Waals surface area contributed by atoms with Crippen LogP contribution in [0.1, 0.15) is 0 Å². The number of anilines is 2. The second kappa shape index (κ2) is 10.7. The average Bonchev–Trinajstić information content (AvgIpc) is 2.86. The average molecular weight is 482 g/mol. The van der Waals surface area contributed by atoms with E-state index in [2.05, 4.69) is 5.32 Å². The molecule has 3 aromatic rings. The van der Waals surface area contributed by atoms with Crippen LogP contribution in [-0.4, -0.2) is 58.5 Å². The molecule has 3 aromatic carbocycles. The van der Waals surface area contributed by atoms with Gasteiger partial charge in [0.2, 0.25) is 15.9 Å². The summed E-state index contributed by atoms with van der Waals surface area (Å²) in [6, 6.07) is 23.1. The molecule has 1 aliphatic heterocycles. The van der Waals surface area contributed by atoms with Gasteiger partial charge in [-0.15, -0.1) is 0 Å². The third-order valence-corrected chi connectivity index (χ3v) is 7.29. The molecule has 0 unspecified atom stereocenters. The zero-order chi connectivity index (χ0) is 24.0. The Morgan fingerprint density at radius 3 is 2.32 bits per heavy atom. The summed E-state index contributed by atoms with van der Waals surface area (Å²) in [6.45, 7) is 1.54. The minimum Gasteiger partial charge on any atom is -0.455 e. The van der Waals surface area contributed by atoms with Crippen molar-refractivity contribution in [3.05, 3.63) is 78.9 Å². The molecule has 1 heterocycles. The van der Waals surface area contributed by atoms with Crippen molar-refractivity contribution in [2.75, 3.05) is 50.1 Å². The molecule has 0 saturated carbocycles. The highest BCUT2D eigenvalue weighted by atomic mass is 32.2. The number of hydrogen-bond donors (Lipinski definition) is 1. The molecule has 1 N–H and O–H groups in total. The first-order valence-corrected chi connectivity index (χ1v) is 12.4. The standard InChI is InChI=1S/C25H27N3O5S/c1-27(23-9-5-6-10-24(23)33-21-7-3-2-4-8-21)19-25(29)26-20-11-13-22(14-12-20)34(30,31)28-15-17-32-18-16-28/h2-14H,15-19H2,1H3,(H,26,29). The third kappa shape index (κ3) is 5.74. The molecule has 0 aliphatic carbocycles. The van der Waals surface area contributed by atoms with Gasteiger partial charge >= 0.3 is 0 Å². The molecule has 0 aromatic heterocycles. The van der Waals surface area contributed by atoms with Crippen LogP contribution in [-0.2, 0) is 19.6 Å². The van der Waals surface area contributed by atoms with Crippen LogP contribution in [0, 0.1) is 0 Å². The minimum absolute atomic E-state index is 0.0863. The number of rotatable bonds is 8.